The molecule has 2 N–H and O–H groups in total. The summed E-state index contributed by atoms with van der Waals surface area (Å²) in [7, 11) is 3.20. The number of carbonyl (C=O) groups excluding carboxylic acids is 1. The van der Waals surface area contributed by atoms with E-state index in [9.17, 15) is 4.79 Å². The van der Waals surface area contributed by atoms with Crippen molar-refractivity contribution in [2.24, 2.45) is 0 Å². The van der Waals surface area contributed by atoms with Crippen molar-refractivity contribution in [3.63, 3.8) is 0 Å². The molecule has 0 fully saturated rings. The minimum absolute atomic E-state index is 0.0772. The number of hydrogen-bond donors (Lipinski definition) is 2. The molecular weight excluding hydrogens is 280 g/mol. The minimum atomic E-state index is -0.0772. The molecule has 0 unspecified atom stereocenters. The number of para-hydroxylation sites is 1. The number of amides is 1. The fourth-order valence-corrected chi connectivity index (χ4v) is 2.04. The van der Waals surface area contributed by atoms with Gasteiger partial charge in [0.05, 0.1) is 20.8 Å². The Balaban J connectivity index is 1.82. The van der Waals surface area contributed by atoms with Crippen LogP contribution in [0.2, 0.25) is 0 Å². The second kappa shape index (κ2) is 8.05. The summed E-state index contributed by atoms with van der Waals surface area (Å²) in [5, 5.41) is 5.92. The van der Waals surface area contributed by atoms with E-state index >= 15 is 0 Å². The SMILES string of the molecule is COc1ccc(CNCC(=O)Nc2ccccc2)cc1OC. The summed E-state index contributed by atoms with van der Waals surface area (Å²) in [5.74, 6) is 1.29. The first-order valence-corrected chi connectivity index (χ1v) is 6.99. The maximum Gasteiger partial charge on any atom is 0.238 e. The van der Waals surface area contributed by atoms with E-state index in [-0.39, 0.29) is 12.5 Å². The lowest BCUT2D eigenvalue weighted by molar-refractivity contribution is -0.115. The van der Waals surface area contributed by atoms with Gasteiger partial charge in [-0.1, -0.05) is 24.3 Å². The predicted molar refractivity (Wildman–Crippen MR) is 86.3 cm³/mol. The number of hydrogen-bond acceptors (Lipinski definition) is 4. The fraction of sp³-hybridized carbons (Fsp3) is 0.235. The third-order valence-corrected chi connectivity index (χ3v) is 3.12. The number of anilines is 1. The average Bonchev–Trinajstić information content (AvgIpc) is 2.55. The highest BCUT2D eigenvalue weighted by atomic mass is 16.5. The van der Waals surface area contributed by atoms with Gasteiger partial charge in [-0.3, -0.25) is 4.79 Å². The Hall–Kier alpha value is -2.53. The van der Waals surface area contributed by atoms with Gasteiger partial charge in [-0.05, 0) is 29.8 Å². The number of benzene rings is 2. The van der Waals surface area contributed by atoms with Crippen molar-refractivity contribution in [3.05, 3.63) is 54.1 Å². The summed E-state index contributed by atoms with van der Waals surface area (Å²) < 4.78 is 10.4. The molecule has 0 aliphatic heterocycles. The first-order valence-electron chi connectivity index (χ1n) is 6.99. The Labute approximate surface area is 130 Å². The lowest BCUT2D eigenvalue weighted by Gasteiger charge is -2.10. The lowest BCUT2D eigenvalue weighted by atomic mass is 10.2. The van der Waals surface area contributed by atoms with Crippen molar-refractivity contribution in [1.82, 2.24) is 5.32 Å². The first kappa shape index (κ1) is 15.9. The molecule has 0 saturated carbocycles. The van der Waals surface area contributed by atoms with Crippen molar-refractivity contribution in [2.75, 3.05) is 26.1 Å². The highest BCUT2D eigenvalue weighted by molar-refractivity contribution is 5.92. The van der Waals surface area contributed by atoms with E-state index in [1.54, 1.807) is 14.2 Å². The molecule has 0 aliphatic rings. The molecule has 2 aromatic rings. The standard InChI is InChI=1S/C17H20N2O3/c1-21-15-9-8-13(10-16(15)22-2)11-18-12-17(20)19-14-6-4-3-5-7-14/h3-10,18H,11-12H2,1-2H3,(H,19,20). The number of ether oxygens (including phenoxy) is 2. The normalized spacial score (nSPS) is 10.1. The molecular formula is C17H20N2O3. The van der Waals surface area contributed by atoms with Gasteiger partial charge >= 0.3 is 0 Å². The maximum atomic E-state index is 11.8. The van der Waals surface area contributed by atoms with Gasteiger partial charge in [0.2, 0.25) is 5.91 Å². The Morgan fingerprint density at radius 3 is 2.41 bits per heavy atom. The largest absolute Gasteiger partial charge is 0.493 e. The third kappa shape index (κ3) is 4.49. The van der Waals surface area contributed by atoms with Crippen molar-refractivity contribution in [2.45, 2.75) is 6.54 Å². The summed E-state index contributed by atoms with van der Waals surface area (Å²) in [6, 6.07) is 15.0. The monoisotopic (exact) mass is 300 g/mol. The summed E-state index contributed by atoms with van der Waals surface area (Å²) >= 11 is 0. The quantitative estimate of drug-likeness (QED) is 0.824. The zero-order chi connectivity index (χ0) is 15.8. The van der Waals surface area contributed by atoms with Crippen LogP contribution < -0.4 is 20.1 Å². The fourth-order valence-electron chi connectivity index (χ4n) is 2.04. The van der Waals surface area contributed by atoms with Gasteiger partial charge in [0.15, 0.2) is 11.5 Å². The van der Waals surface area contributed by atoms with Gasteiger partial charge in [-0.2, -0.15) is 0 Å². The number of nitrogens with one attached hydrogen (secondary N) is 2. The summed E-state index contributed by atoms with van der Waals surface area (Å²) in [6.45, 7) is 0.811. The smallest absolute Gasteiger partial charge is 0.238 e. The van der Waals surface area contributed by atoms with Gasteiger partial charge in [-0.15, -0.1) is 0 Å². The topological polar surface area (TPSA) is 59.6 Å². The Morgan fingerprint density at radius 1 is 1.00 bits per heavy atom. The van der Waals surface area contributed by atoms with Crippen LogP contribution in [0.25, 0.3) is 0 Å². The van der Waals surface area contributed by atoms with Gasteiger partial charge in [0.1, 0.15) is 0 Å². The number of carbonyl (C=O) groups is 1. The number of methoxy groups -OCH3 is 2. The molecule has 0 bridgehead atoms. The molecule has 5 heteroatoms. The van der Waals surface area contributed by atoms with Crippen molar-refractivity contribution >= 4 is 11.6 Å². The molecule has 2 rings (SSSR count). The first-order chi connectivity index (χ1) is 10.7. The van der Waals surface area contributed by atoms with E-state index in [2.05, 4.69) is 10.6 Å². The molecule has 0 aromatic heterocycles. The Bertz CT molecular complexity index is 615. The second-order valence-electron chi connectivity index (χ2n) is 4.71. The molecule has 116 valence electrons. The highest BCUT2D eigenvalue weighted by Crippen LogP contribution is 2.27. The van der Waals surface area contributed by atoms with E-state index in [1.165, 1.54) is 0 Å². The third-order valence-electron chi connectivity index (χ3n) is 3.12. The zero-order valence-electron chi connectivity index (χ0n) is 12.8. The average molecular weight is 300 g/mol. The minimum Gasteiger partial charge on any atom is -0.493 e. The summed E-state index contributed by atoms with van der Waals surface area (Å²) in [4.78, 5) is 11.8. The Morgan fingerprint density at radius 2 is 1.73 bits per heavy atom. The van der Waals surface area contributed by atoms with Crippen LogP contribution in [-0.4, -0.2) is 26.7 Å². The molecule has 1 amide bonds. The molecule has 0 atom stereocenters. The molecule has 2 aromatic carbocycles. The Kier molecular flexibility index (Phi) is 5.80. The van der Waals surface area contributed by atoms with E-state index in [0.29, 0.717) is 18.0 Å². The molecule has 22 heavy (non-hydrogen) atoms. The van der Waals surface area contributed by atoms with Crippen molar-refractivity contribution in [3.8, 4) is 11.5 Å². The second-order valence-corrected chi connectivity index (χ2v) is 4.71. The van der Waals surface area contributed by atoms with Crippen LogP contribution in [0.5, 0.6) is 11.5 Å². The predicted octanol–water partition coefficient (Wildman–Crippen LogP) is 2.43. The van der Waals surface area contributed by atoms with Crippen LogP contribution in [0.1, 0.15) is 5.56 Å². The molecule has 0 radical (unpaired) electrons. The maximum absolute atomic E-state index is 11.8. The lowest BCUT2D eigenvalue weighted by Crippen LogP contribution is -2.27. The van der Waals surface area contributed by atoms with Crippen LogP contribution in [0.4, 0.5) is 5.69 Å². The van der Waals surface area contributed by atoms with Gasteiger partial charge in [0, 0.05) is 12.2 Å². The van der Waals surface area contributed by atoms with Gasteiger partial charge in [-0.25, -0.2) is 0 Å². The summed E-state index contributed by atoms with van der Waals surface area (Å²) in [5.41, 5.74) is 1.81. The highest BCUT2D eigenvalue weighted by Gasteiger charge is 2.05. The summed E-state index contributed by atoms with van der Waals surface area (Å²) in [6.07, 6.45) is 0. The van der Waals surface area contributed by atoms with E-state index in [1.807, 2.05) is 48.5 Å². The van der Waals surface area contributed by atoms with Crippen LogP contribution >= 0.6 is 0 Å². The van der Waals surface area contributed by atoms with E-state index in [0.717, 1.165) is 11.3 Å². The van der Waals surface area contributed by atoms with Crippen LogP contribution in [0.3, 0.4) is 0 Å². The number of rotatable bonds is 7. The molecule has 0 saturated heterocycles. The van der Waals surface area contributed by atoms with Crippen LogP contribution in [0.15, 0.2) is 48.5 Å². The molecule has 0 spiro atoms. The van der Waals surface area contributed by atoms with E-state index in [4.69, 9.17) is 9.47 Å². The van der Waals surface area contributed by atoms with Gasteiger partial charge < -0.3 is 20.1 Å². The van der Waals surface area contributed by atoms with Crippen molar-refractivity contribution < 1.29 is 14.3 Å². The molecule has 0 heterocycles. The van der Waals surface area contributed by atoms with Crippen LogP contribution in [-0.2, 0) is 11.3 Å². The van der Waals surface area contributed by atoms with E-state index < -0.39 is 0 Å². The van der Waals surface area contributed by atoms with Crippen LogP contribution in [0, 0.1) is 0 Å². The van der Waals surface area contributed by atoms with Crippen molar-refractivity contribution in [1.29, 1.82) is 0 Å². The molecule has 5 nitrogen and oxygen atoms in total. The van der Waals surface area contributed by atoms with Gasteiger partial charge in [0.25, 0.3) is 0 Å². The molecule has 0 aliphatic carbocycles. The zero-order valence-corrected chi connectivity index (χ0v) is 12.8.